The first-order valence-electron chi connectivity index (χ1n) is 8.60. The van der Waals surface area contributed by atoms with Gasteiger partial charge in [-0.3, -0.25) is 4.79 Å². The van der Waals surface area contributed by atoms with Crippen molar-refractivity contribution in [1.29, 1.82) is 0 Å². The van der Waals surface area contributed by atoms with Gasteiger partial charge in [0.15, 0.2) is 0 Å². The van der Waals surface area contributed by atoms with E-state index in [-0.39, 0.29) is 11.7 Å². The maximum absolute atomic E-state index is 12.4. The minimum atomic E-state index is -0.280. The zero-order chi connectivity index (χ0) is 19.9. The Morgan fingerprint density at radius 1 is 1.14 bits per heavy atom. The predicted molar refractivity (Wildman–Crippen MR) is 116 cm³/mol. The van der Waals surface area contributed by atoms with Crippen molar-refractivity contribution in [2.24, 2.45) is 0 Å². The van der Waals surface area contributed by atoms with Crippen molar-refractivity contribution < 1.29 is 14.3 Å². The molecule has 0 unspecified atom stereocenters. The molecule has 0 aliphatic heterocycles. The second-order valence-electron chi connectivity index (χ2n) is 6.03. The van der Waals surface area contributed by atoms with Crippen molar-refractivity contribution in [3.63, 3.8) is 0 Å². The second kappa shape index (κ2) is 9.52. The summed E-state index contributed by atoms with van der Waals surface area (Å²) in [6, 6.07) is 18.8. The number of carbonyl (C=O) groups excluding carboxylic acids is 1. The Kier molecular flexibility index (Phi) is 6.83. The fourth-order valence-electron chi connectivity index (χ4n) is 2.59. The molecule has 0 saturated heterocycles. The SMILES string of the molecule is COCc1ccc(C(=O)NCc2cccc(Oc3ccccc3I)c2)c(N)n1. The zero-order valence-electron chi connectivity index (χ0n) is 15.3. The van der Waals surface area contributed by atoms with Crippen LogP contribution >= 0.6 is 22.6 Å². The summed E-state index contributed by atoms with van der Waals surface area (Å²) in [5.41, 5.74) is 7.83. The number of nitrogens with two attached hydrogens (primary N) is 1. The van der Waals surface area contributed by atoms with Gasteiger partial charge in [0.25, 0.3) is 5.91 Å². The van der Waals surface area contributed by atoms with Crippen molar-refractivity contribution in [2.45, 2.75) is 13.2 Å². The van der Waals surface area contributed by atoms with E-state index in [0.29, 0.717) is 30.2 Å². The normalized spacial score (nSPS) is 10.5. The number of hydrogen-bond acceptors (Lipinski definition) is 5. The Balaban J connectivity index is 1.65. The highest BCUT2D eigenvalue weighted by Gasteiger charge is 2.12. The van der Waals surface area contributed by atoms with E-state index in [9.17, 15) is 4.79 Å². The van der Waals surface area contributed by atoms with E-state index >= 15 is 0 Å². The number of benzene rings is 2. The molecule has 0 fully saturated rings. The number of aromatic nitrogens is 1. The average molecular weight is 489 g/mol. The monoisotopic (exact) mass is 489 g/mol. The summed E-state index contributed by atoms with van der Waals surface area (Å²) in [4.78, 5) is 16.6. The highest BCUT2D eigenvalue weighted by molar-refractivity contribution is 14.1. The Labute approximate surface area is 177 Å². The summed E-state index contributed by atoms with van der Waals surface area (Å²) >= 11 is 2.23. The summed E-state index contributed by atoms with van der Waals surface area (Å²) in [5, 5.41) is 2.86. The number of para-hydroxylation sites is 1. The van der Waals surface area contributed by atoms with E-state index in [2.05, 4.69) is 32.9 Å². The molecule has 0 atom stereocenters. The molecule has 3 rings (SSSR count). The lowest BCUT2D eigenvalue weighted by Crippen LogP contribution is -2.24. The van der Waals surface area contributed by atoms with Crippen LogP contribution in [0.1, 0.15) is 21.6 Å². The highest BCUT2D eigenvalue weighted by Crippen LogP contribution is 2.26. The Bertz CT molecular complexity index is 979. The van der Waals surface area contributed by atoms with Crippen LogP contribution in [0.5, 0.6) is 11.5 Å². The molecule has 2 aromatic carbocycles. The Hall–Kier alpha value is -2.65. The van der Waals surface area contributed by atoms with E-state index in [1.54, 1.807) is 19.2 Å². The molecule has 0 aliphatic rings. The third-order valence-corrected chi connectivity index (χ3v) is 4.83. The van der Waals surface area contributed by atoms with Gasteiger partial charge in [-0.25, -0.2) is 4.98 Å². The van der Waals surface area contributed by atoms with Gasteiger partial charge in [0, 0.05) is 13.7 Å². The molecule has 0 aliphatic carbocycles. The number of carbonyl (C=O) groups is 1. The van der Waals surface area contributed by atoms with Gasteiger partial charge in [-0.1, -0.05) is 24.3 Å². The summed E-state index contributed by atoms with van der Waals surface area (Å²) in [6.07, 6.45) is 0. The first-order chi connectivity index (χ1) is 13.6. The summed E-state index contributed by atoms with van der Waals surface area (Å²) < 4.78 is 12.0. The van der Waals surface area contributed by atoms with E-state index in [1.807, 2.05) is 48.5 Å². The predicted octanol–water partition coefficient (Wildman–Crippen LogP) is 4.14. The molecule has 7 heteroatoms. The fourth-order valence-corrected chi connectivity index (χ4v) is 3.09. The van der Waals surface area contributed by atoms with Gasteiger partial charge in [-0.05, 0) is 64.6 Å². The quantitative estimate of drug-likeness (QED) is 0.488. The summed E-state index contributed by atoms with van der Waals surface area (Å²) in [5.74, 6) is 1.40. The summed E-state index contributed by atoms with van der Waals surface area (Å²) in [7, 11) is 1.58. The molecule has 1 amide bonds. The van der Waals surface area contributed by atoms with Crippen LogP contribution in [0.2, 0.25) is 0 Å². The molecule has 6 nitrogen and oxygen atoms in total. The van der Waals surface area contributed by atoms with Crippen LogP contribution in [0.25, 0.3) is 0 Å². The van der Waals surface area contributed by atoms with Crippen LogP contribution in [-0.4, -0.2) is 18.0 Å². The van der Waals surface area contributed by atoms with Crippen molar-refractivity contribution in [2.75, 3.05) is 12.8 Å². The molecule has 0 bridgehead atoms. The van der Waals surface area contributed by atoms with Crippen molar-refractivity contribution in [3.05, 3.63) is 81.1 Å². The number of ether oxygens (including phenoxy) is 2. The number of nitrogens with zero attached hydrogens (tertiary/aromatic N) is 1. The van der Waals surface area contributed by atoms with Gasteiger partial charge in [0.2, 0.25) is 0 Å². The van der Waals surface area contributed by atoms with Crippen molar-refractivity contribution >= 4 is 34.3 Å². The largest absolute Gasteiger partial charge is 0.456 e. The number of nitrogens with one attached hydrogen (secondary N) is 1. The number of hydrogen-bond donors (Lipinski definition) is 2. The second-order valence-corrected chi connectivity index (χ2v) is 7.19. The maximum atomic E-state index is 12.4. The number of pyridine rings is 1. The van der Waals surface area contributed by atoms with E-state index in [4.69, 9.17) is 15.2 Å². The molecular weight excluding hydrogens is 469 g/mol. The number of anilines is 1. The minimum Gasteiger partial charge on any atom is -0.456 e. The average Bonchev–Trinajstić information content (AvgIpc) is 2.69. The molecule has 3 N–H and O–H groups in total. The van der Waals surface area contributed by atoms with Gasteiger partial charge in [-0.15, -0.1) is 0 Å². The van der Waals surface area contributed by atoms with Crippen LogP contribution < -0.4 is 15.8 Å². The zero-order valence-corrected chi connectivity index (χ0v) is 17.5. The van der Waals surface area contributed by atoms with Crippen LogP contribution in [0.15, 0.2) is 60.7 Å². The molecule has 3 aromatic rings. The van der Waals surface area contributed by atoms with Crippen molar-refractivity contribution in [1.82, 2.24) is 10.3 Å². The van der Waals surface area contributed by atoms with Gasteiger partial charge in [0.05, 0.1) is 21.4 Å². The van der Waals surface area contributed by atoms with Gasteiger partial charge in [-0.2, -0.15) is 0 Å². The van der Waals surface area contributed by atoms with Crippen LogP contribution in [-0.2, 0) is 17.9 Å². The topological polar surface area (TPSA) is 86.5 Å². The van der Waals surface area contributed by atoms with E-state index in [0.717, 1.165) is 14.9 Å². The molecular formula is C21H20IN3O3. The van der Waals surface area contributed by atoms with E-state index in [1.165, 1.54) is 0 Å². The van der Waals surface area contributed by atoms with Gasteiger partial charge < -0.3 is 20.5 Å². The molecule has 144 valence electrons. The maximum Gasteiger partial charge on any atom is 0.255 e. The minimum absolute atomic E-state index is 0.183. The number of halogens is 1. The summed E-state index contributed by atoms with van der Waals surface area (Å²) in [6.45, 7) is 0.695. The van der Waals surface area contributed by atoms with Crippen LogP contribution in [0.4, 0.5) is 5.82 Å². The molecule has 1 aromatic heterocycles. The fraction of sp³-hybridized carbons (Fsp3) is 0.143. The lowest BCUT2D eigenvalue weighted by Gasteiger charge is -2.11. The lowest BCUT2D eigenvalue weighted by atomic mass is 10.2. The molecule has 28 heavy (non-hydrogen) atoms. The number of methoxy groups -OCH3 is 1. The number of nitrogen functional groups attached to an aromatic ring is 1. The molecule has 0 radical (unpaired) electrons. The number of rotatable bonds is 7. The molecule has 1 heterocycles. The van der Waals surface area contributed by atoms with E-state index < -0.39 is 0 Å². The highest BCUT2D eigenvalue weighted by atomic mass is 127. The third-order valence-electron chi connectivity index (χ3n) is 3.94. The third kappa shape index (κ3) is 5.20. The lowest BCUT2D eigenvalue weighted by molar-refractivity contribution is 0.0951. The van der Waals surface area contributed by atoms with Crippen LogP contribution in [0, 0.1) is 3.57 Å². The number of amides is 1. The van der Waals surface area contributed by atoms with Gasteiger partial charge >= 0.3 is 0 Å². The Morgan fingerprint density at radius 2 is 1.96 bits per heavy atom. The Morgan fingerprint density at radius 3 is 2.71 bits per heavy atom. The standard InChI is InChI=1S/C21H20IN3O3/c1-27-13-15-9-10-17(20(23)25-15)21(26)24-12-14-5-4-6-16(11-14)28-19-8-3-2-7-18(19)22/h2-11H,12-13H2,1H3,(H2,23,25)(H,24,26). The smallest absolute Gasteiger partial charge is 0.255 e. The first kappa shape index (κ1) is 20.1. The van der Waals surface area contributed by atoms with Gasteiger partial charge in [0.1, 0.15) is 17.3 Å². The molecule has 0 spiro atoms. The molecule has 0 saturated carbocycles. The van der Waals surface area contributed by atoms with Crippen LogP contribution in [0.3, 0.4) is 0 Å². The first-order valence-corrected chi connectivity index (χ1v) is 9.68. The van der Waals surface area contributed by atoms with Crippen molar-refractivity contribution in [3.8, 4) is 11.5 Å².